The Morgan fingerprint density at radius 1 is 1.31 bits per heavy atom. The van der Waals surface area contributed by atoms with Crippen molar-refractivity contribution in [3.63, 3.8) is 0 Å². The zero-order valence-corrected chi connectivity index (χ0v) is 10.4. The number of nitrogens with zero attached hydrogens (tertiary/aromatic N) is 1. The van der Waals surface area contributed by atoms with E-state index in [0.29, 0.717) is 0 Å². The second-order valence-electron chi connectivity index (χ2n) is 6.15. The highest BCUT2D eigenvalue weighted by Crippen LogP contribution is 2.34. The van der Waals surface area contributed by atoms with Crippen molar-refractivity contribution in [1.82, 2.24) is 10.2 Å². The van der Waals surface area contributed by atoms with Crippen LogP contribution in [0.1, 0.15) is 26.2 Å². The molecule has 3 heteroatoms. The molecule has 3 rings (SSSR count). The molecule has 1 atom stereocenters. The van der Waals surface area contributed by atoms with Crippen molar-refractivity contribution < 1.29 is 4.74 Å². The molecule has 3 aliphatic heterocycles. The van der Waals surface area contributed by atoms with Crippen LogP contribution in [0.5, 0.6) is 0 Å². The maximum absolute atomic E-state index is 5.96. The van der Waals surface area contributed by atoms with Crippen LogP contribution < -0.4 is 5.32 Å². The lowest BCUT2D eigenvalue weighted by Gasteiger charge is -2.38. The van der Waals surface area contributed by atoms with E-state index >= 15 is 0 Å². The van der Waals surface area contributed by atoms with Crippen LogP contribution in [0.3, 0.4) is 0 Å². The van der Waals surface area contributed by atoms with Crippen molar-refractivity contribution >= 4 is 0 Å². The van der Waals surface area contributed by atoms with E-state index in [1.807, 2.05) is 0 Å². The number of hydrogen-bond acceptors (Lipinski definition) is 3. The van der Waals surface area contributed by atoms with Crippen LogP contribution in [0.25, 0.3) is 0 Å². The van der Waals surface area contributed by atoms with Gasteiger partial charge in [-0.2, -0.15) is 0 Å². The highest BCUT2D eigenvalue weighted by molar-refractivity contribution is 5.00. The highest BCUT2D eigenvalue weighted by atomic mass is 16.5. The summed E-state index contributed by atoms with van der Waals surface area (Å²) in [5, 5.41) is 3.34. The second kappa shape index (κ2) is 4.28. The molecule has 1 spiro atoms. The third-order valence-corrected chi connectivity index (χ3v) is 4.57. The maximum Gasteiger partial charge on any atom is 0.0933 e. The Morgan fingerprint density at radius 2 is 2.06 bits per heavy atom. The number of piperidine rings is 1. The zero-order chi connectivity index (χ0) is 11.0. The normalized spacial score (nSPS) is 35.4. The summed E-state index contributed by atoms with van der Waals surface area (Å²) in [6.45, 7) is 9.43. The standard InChI is InChI=1S/C13H24N2O/c1-11-2-4-15(5-3-11)7-12-6-13(16-8-12)9-14-10-13/h11-12,14H,2-10H2,1H3. The predicted octanol–water partition coefficient (Wildman–Crippen LogP) is 1.10. The van der Waals surface area contributed by atoms with Gasteiger partial charge in [0, 0.05) is 19.6 Å². The molecule has 3 heterocycles. The van der Waals surface area contributed by atoms with Crippen molar-refractivity contribution in [3.8, 4) is 0 Å². The lowest BCUT2D eigenvalue weighted by molar-refractivity contribution is -0.0364. The Morgan fingerprint density at radius 3 is 2.62 bits per heavy atom. The topological polar surface area (TPSA) is 24.5 Å². The number of rotatable bonds is 2. The van der Waals surface area contributed by atoms with Crippen LogP contribution in [0, 0.1) is 11.8 Å². The molecule has 1 N–H and O–H groups in total. The summed E-state index contributed by atoms with van der Waals surface area (Å²) in [6, 6.07) is 0. The molecule has 3 fully saturated rings. The maximum atomic E-state index is 5.96. The first-order chi connectivity index (χ1) is 7.76. The van der Waals surface area contributed by atoms with Crippen molar-refractivity contribution in [2.75, 3.05) is 39.3 Å². The van der Waals surface area contributed by atoms with E-state index in [1.54, 1.807) is 0 Å². The van der Waals surface area contributed by atoms with E-state index in [9.17, 15) is 0 Å². The monoisotopic (exact) mass is 224 g/mol. The third-order valence-electron chi connectivity index (χ3n) is 4.57. The van der Waals surface area contributed by atoms with Crippen LogP contribution >= 0.6 is 0 Å². The van der Waals surface area contributed by atoms with Crippen molar-refractivity contribution in [2.45, 2.75) is 31.8 Å². The van der Waals surface area contributed by atoms with E-state index in [4.69, 9.17) is 4.74 Å². The SMILES string of the molecule is CC1CCN(CC2COC3(CNC3)C2)CC1. The van der Waals surface area contributed by atoms with Crippen molar-refractivity contribution in [3.05, 3.63) is 0 Å². The molecule has 1 unspecified atom stereocenters. The number of likely N-dealkylation sites (tertiary alicyclic amines) is 1. The Kier molecular flexibility index (Phi) is 2.94. The molecule has 0 saturated carbocycles. The Bertz CT molecular complexity index is 244. The number of nitrogens with one attached hydrogen (secondary N) is 1. The van der Waals surface area contributed by atoms with Crippen LogP contribution in [0.15, 0.2) is 0 Å². The number of ether oxygens (including phenoxy) is 1. The highest BCUT2D eigenvalue weighted by Gasteiger charge is 2.45. The lowest BCUT2D eigenvalue weighted by Crippen LogP contribution is -2.59. The van der Waals surface area contributed by atoms with Gasteiger partial charge < -0.3 is 15.0 Å². The molecule has 0 aromatic heterocycles. The molecule has 0 bridgehead atoms. The van der Waals surface area contributed by atoms with Gasteiger partial charge in [0.1, 0.15) is 0 Å². The molecule has 92 valence electrons. The average molecular weight is 224 g/mol. The smallest absolute Gasteiger partial charge is 0.0933 e. The minimum atomic E-state index is 0.244. The van der Waals surface area contributed by atoms with Gasteiger partial charge >= 0.3 is 0 Å². The van der Waals surface area contributed by atoms with Gasteiger partial charge in [0.05, 0.1) is 12.2 Å². The fourth-order valence-electron chi connectivity index (χ4n) is 3.32. The summed E-state index contributed by atoms with van der Waals surface area (Å²) in [4.78, 5) is 2.65. The first-order valence-electron chi connectivity index (χ1n) is 6.83. The predicted molar refractivity (Wildman–Crippen MR) is 64.5 cm³/mol. The van der Waals surface area contributed by atoms with Crippen LogP contribution in [-0.4, -0.2) is 49.8 Å². The fourth-order valence-corrected chi connectivity index (χ4v) is 3.32. The summed E-state index contributed by atoms with van der Waals surface area (Å²) >= 11 is 0. The zero-order valence-electron chi connectivity index (χ0n) is 10.4. The lowest BCUT2D eigenvalue weighted by atomic mass is 9.88. The first kappa shape index (κ1) is 11.0. The molecular weight excluding hydrogens is 200 g/mol. The first-order valence-corrected chi connectivity index (χ1v) is 6.83. The van der Waals surface area contributed by atoms with Crippen LogP contribution in [0.4, 0.5) is 0 Å². The average Bonchev–Trinajstić information content (AvgIpc) is 2.66. The van der Waals surface area contributed by atoms with E-state index in [-0.39, 0.29) is 5.60 Å². The van der Waals surface area contributed by atoms with Gasteiger partial charge in [0.2, 0.25) is 0 Å². The van der Waals surface area contributed by atoms with Gasteiger partial charge in [-0.1, -0.05) is 6.92 Å². The number of hydrogen-bond donors (Lipinski definition) is 1. The second-order valence-corrected chi connectivity index (χ2v) is 6.15. The molecule has 0 aromatic carbocycles. The van der Waals surface area contributed by atoms with Crippen molar-refractivity contribution in [2.24, 2.45) is 11.8 Å². The quantitative estimate of drug-likeness (QED) is 0.760. The molecule has 0 radical (unpaired) electrons. The third kappa shape index (κ3) is 2.13. The van der Waals surface area contributed by atoms with E-state index in [0.717, 1.165) is 31.5 Å². The molecule has 0 aliphatic carbocycles. The van der Waals surface area contributed by atoms with Gasteiger partial charge in [-0.3, -0.25) is 0 Å². The van der Waals surface area contributed by atoms with E-state index in [1.165, 1.54) is 38.9 Å². The molecule has 16 heavy (non-hydrogen) atoms. The minimum absolute atomic E-state index is 0.244. The van der Waals surface area contributed by atoms with Crippen LogP contribution in [-0.2, 0) is 4.74 Å². The van der Waals surface area contributed by atoms with Gasteiger partial charge in [0.25, 0.3) is 0 Å². The molecule has 3 aliphatic rings. The summed E-state index contributed by atoms with van der Waals surface area (Å²) < 4.78 is 5.96. The Balaban J connectivity index is 1.45. The van der Waals surface area contributed by atoms with Gasteiger partial charge in [0.15, 0.2) is 0 Å². The summed E-state index contributed by atoms with van der Waals surface area (Å²) in [7, 11) is 0. The van der Waals surface area contributed by atoms with E-state index in [2.05, 4.69) is 17.1 Å². The largest absolute Gasteiger partial charge is 0.372 e. The molecule has 3 nitrogen and oxygen atoms in total. The molecule has 3 saturated heterocycles. The van der Waals surface area contributed by atoms with E-state index < -0.39 is 0 Å². The van der Waals surface area contributed by atoms with Gasteiger partial charge in [-0.15, -0.1) is 0 Å². The Labute approximate surface area is 98.5 Å². The molecular formula is C13H24N2O. The fraction of sp³-hybridized carbons (Fsp3) is 1.00. The van der Waals surface area contributed by atoms with Crippen LogP contribution in [0.2, 0.25) is 0 Å². The molecule has 0 aromatic rings. The van der Waals surface area contributed by atoms with Gasteiger partial charge in [-0.05, 0) is 44.2 Å². The molecule has 0 amide bonds. The summed E-state index contributed by atoms with van der Waals surface area (Å²) in [5.74, 6) is 1.73. The summed E-state index contributed by atoms with van der Waals surface area (Å²) in [5.41, 5.74) is 0.244. The Hall–Kier alpha value is -0.120. The summed E-state index contributed by atoms with van der Waals surface area (Å²) in [6.07, 6.45) is 4.06. The van der Waals surface area contributed by atoms with Gasteiger partial charge in [-0.25, -0.2) is 0 Å². The minimum Gasteiger partial charge on any atom is -0.372 e. The van der Waals surface area contributed by atoms with Crippen molar-refractivity contribution in [1.29, 1.82) is 0 Å².